The molecule has 1 nitrogen and oxygen atoms in total. The van der Waals surface area contributed by atoms with Gasteiger partial charge in [-0.3, -0.25) is 0 Å². The van der Waals surface area contributed by atoms with Gasteiger partial charge in [-0.1, -0.05) is 202 Å². The molecule has 0 bridgehead atoms. The van der Waals surface area contributed by atoms with Crippen molar-refractivity contribution in [3.63, 3.8) is 0 Å². The van der Waals surface area contributed by atoms with Gasteiger partial charge in [0.1, 0.15) is 0 Å². The van der Waals surface area contributed by atoms with E-state index < -0.39 is 0 Å². The molecule has 0 unspecified atom stereocenters. The smallest absolute Gasteiger partial charge is 0.0543 e. The Morgan fingerprint density at radius 1 is 0.333 bits per heavy atom. The Balaban J connectivity index is 1.11. The number of anilines is 3. The first-order valence-electron chi connectivity index (χ1n) is 20.9. The maximum Gasteiger partial charge on any atom is 0.0543 e. The van der Waals surface area contributed by atoms with Gasteiger partial charge >= 0.3 is 0 Å². The third kappa shape index (κ3) is 5.93. The van der Waals surface area contributed by atoms with Gasteiger partial charge in [-0.2, -0.15) is 0 Å². The summed E-state index contributed by atoms with van der Waals surface area (Å²) in [6, 6.07) is 82.4. The highest BCUT2D eigenvalue weighted by Crippen LogP contribution is 2.56. The topological polar surface area (TPSA) is 3.24 Å². The molecular weight excluding hydrogens is 723 g/mol. The average molecular weight is 766 g/mol. The summed E-state index contributed by atoms with van der Waals surface area (Å²) < 4.78 is 0. The average Bonchev–Trinajstić information content (AvgIpc) is 3.56. The van der Waals surface area contributed by atoms with Crippen LogP contribution in [0.2, 0.25) is 0 Å². The van der Waals surface area contributed by atoms with Crippen LogP contribution in [-0.4, -0.2) is 0 Å². The molecule has 0 aliphatic heterocycles. The fourth-order valence-corrected chi connectivity index (χ4v) is 9.71. The molecular formula is C59H43N. The normalized spacial score (nSPS) is 12.6. The standard InChI is InChI=1S/C59H43N/c1-59(2)53-30-15-31-55(58(53)57-51-27-10-9-20-43(51)34-37-54(57)59)60(48-35-32-41(33-36-48)46-24-11-23-45(38-46)40-16-5-3-6-17-40)49-26-12-25-47(39-49)52-29-14-22-44-21-13-28-50(56(44)52)42-18-7-4-8-19-42/h3-39H,1-2H3. The Morgan fingerprint density at radius 2 is 0.883 bits per heavy atom. The van der Waals surface area contributed by atoms with Crippen LogP contribution in [0.1, 0.15) is 25.0 Å². The molecule has 0 heterocycles. The van der Waals surface area contributed by atoms with Gasteiger partial charge in [0.25, 0.3) is 0 Å². The molecule has 0 aromatic heterocycles. The van der Waals surface area contributed by atoms with E-state index in [-0.39, 0.29) is 5.41 Å². The summed E-state index contributed by atoms with van der Waals surface area (Å²) in [4.78, 5) is 2.49. The lowest BCUT2D eigenvalue weighted by Crippen LogP contribution is -2.16. The zero-order valence-corrected chi connectivity index (χ0v) is 33.8. The summed E-state index contributed by atoms with van der Waals surface area (Å²) in [5.74, 6) is 0. The molecule has 284 valence electrons. The van der Waals surface area contributed by atoms with E-state index in [0.29, 0.717) is 0 Å². The first kappa shape index (κ1) is 35.7. The van der Waals surface area contributed by atoms with E-state index in [9.17, 15) is 0 Å². The summed E-state index contributed by atoms with van der Waals surface area (Å²) in [5.41, 5.74) is 18.3. The number of rotatable bonds is 7. The molecule has 10 aromatic rings. The van der Waals surface area contributed by atoms with Crippen LogP contribution in [0.3, 0.4) is 0 Å². The van der Waals surface area contributed by atoms with E-state index in [2.05, 4.69) is 243 Å². The van der Waals surface area contributed by atoms with Gasteiger partial charge in [0.15, 0.2) is 0 Å². The number of nitrogens with zero attached hydrogens (tertiary/aromatic N) is 1. The number of fused-ring (bicyclic) bond motifs is 6. The van der Waals surface area contributed by atoms with Crippen LogP contribution < -0.4 is 4.90 Å². The quantitative estimate of drug-likeness (QED) is 0.156. The Labute approximate surface area is 352 Å². The van der Waals surface area contributed by atoms with Crippen molar-refractivity contribution in [3.8, 4) is 55.6 Å². The predicted octanol–water partition coefficient (Wildman–Crippen LogP) is 16.4. The minimum absolute atomic E-state index is 0.164. The van der Waals surface area contributed by atoms with E-state index in [4.69, 9.17) is 0 Å². The molecule has 1 aliphatic rings. The molecule has 0 fully saturated rings. The van der Waals surface area contributed by atoms with Crippen molar-refractivity contribution in [1.29, 1.82) is 0 Å². The van der Waals surface area contributed by atoms with E-state index in [1.807, 2.05) is 0 Å². The van der Waals surface area contributed by atoms with Crippen LogP contribution in [-0.2, 0) is 5.41 Å². The number of hydrogen-bond acceptors (Lipinski definition) is 1. The first-order valence-corrected chi connectivity index (χ1v) is 20.9. The first-order chi connectivity index (χ1) is 29.5. The highest BCUT2D eigenvalue weighted by Gasteiger charge is 2.39. The molecule has 1 heteroatoms. The molecule has 0 saturated carbocycles. The van der Waals surface area contributed by atoms with Gasteiger partial charge in [0, 0.05) is 22.4 Å². The van der Waals surface area contributed by atoms with Crippen molar-refractivity contribution < 1.29 is 0 Å². The van der Waals surface area contributed by atoms with E-state index >= 15 is 0 Å². The van der Waals surface area contributed by atoms with Crippen LogP contribution in [0.5, 0.6) is 0 Å². The van der Waals surface area contributed by atoms with Crippen LogP contribution >= 0.6 is 0 Å². The Morgan fingerprint density at radius 3 is 1.63 bits per heavy atom. The molecule has 10 aromatic carbocycles. The molecule has 11 rings (SSSR count). The molecule has 0 radical (unpaired) electrons. The SMILES string of the molecule is CC1(C)c2cccc(N(c3ccc(-c4cccc(-c5ccccc5)c4)cc3)c3cccc(-c4cccc5cccc(-c6ccccc6)c45)c3)c2-c2c1ccc1ccccc21. The van der Waals surface area contributed by atoms with Crippen molar-refractivity contribution in [2.75, 3.05) is 4.90 Å². The Kier molecular flexibility index (Phi) is 8.57. The van der Waals surface area contributed by atoms with Gasteiger partial charge in [-0.25, -0.2) is 0 Å². The second-order valence-electron chi connectivity index (χ2n) is 16.5. The summed E-state index contributed by atoms with van der Waals surface area (Å²) in [6.45, 7) is 4.76. The van der Waals surface area contributed by atoms with Crippen molar-refractivity contribution in [2.45, 2.75) is 19.3 Å². The van der Waals surface area contributed by atoms with Crippen molar-refractivity contribution >= 4 is 38.6 Å². The summed E-state index contributed by atoms with van der Waals surface area (Å²) in [6.07, 6.45) is 0. The second kappa shape index (κ2) is 14.4. The van der Waals surface area contributed by atoms with Gasteiger partial charge in [-0.05, 0) is 119 Å². The van der Waals surface area contributed by atoms with Gasteiger partial charge in [-0.15, -0.1) is 0 Å². The zero-order chi connectivity index (χ0) is 40.2. The molecule has 0 N–H and O–H groups in total. The Hall–Kier alpha value is -7.48. The molecule has 1 aliphatic carbocycles. The maximum atomic E-state index is 2.49. The van der Waals surface area contributed by atoms with E-state index in [0.717, 1.165) is 11.4 Å². The van der Waals surface area contributed by atoms with E-state index in [1.165, 1.54) is 94.0 Å². The van der Waals surface area contributed by atoms with Crippen molar-refractivity contribution in [2.24, 2.45) is 0 Å². The highest BCUT2D eigenvalue weighted by molar-refractivity contribution is 6.09. The fraction of sp³-hybridized carbons (Fsp3) is 0.0508. The highest BCUT2D eigenvalue weighted by atomic mass is 15.1. The molecule has 60 heavy (non-hydrogen) atoms. The minimum atomic E-state index is -0.164. The molecule has 0 spiro atoms. The lowest BCUT2D eigenvalue weighted by molar-refractivity contribution is 0.661. The summed E-state index contributed by atoms with van der Waals surface area (Å²) >= 11 is 0. The van der Waals surface area contributed by atoms with Gasteiger partial charge in [0.05, 0.1) is 5.69 Å². The van der Waals surface area contributed by atoms with E-state index in [1.54, 1.807) is 0 Å². The lowest BCUT2D eigenvalue weighted by Gasteiger charge is -2.29. The number of benzene rings is 10. The van der Waals surface area contributed by atoms with Crippen molar-refractivity contribution in [3.05, 3.63) is 236 Å². The molecule has 0 amide bonds. The van der Waals surface area contributed by atoms with Crippen LogP contribution in [0.25, 0.3) is 77.2 Å². The third-order valence-electron chi connectivity index (χ3n) is 12.6. The lowest BCUT2D eigenvalue weighted by atomic mass is 9.82. The van der Waals surface area contributed by atoms with Crippen LogP contribution in [0.15, 0.2) is 224 Å². The summed E-state index contributed by atoms with van der Waals surface area (Å²) in [7, 11) is 0. The maximum absolute atomic E-state index is 2.49. The largest absolute Gasteiger partial charge is 0.310 e. The zero-order valence-electron chi connectivity index (χ0n) is 33.8. The van der Waals surface area contributed by atoms with Crippen LogP contribution in [0, 0.1) is 0 Å². The number of hydrogen-bond donors (Lipinski definition) is 0. The summed E-state index contributed by atoms with van der Waals surface area (Å²) in [5, 5.41) is 5.05. The fourth-order valence-electron chi connectivity index (χ4n) is 9.71. The molecule has 0 saturated heterocycles. The minimum Gasteiger partial charge on any atom is -0.310 e. The van der Waals surface area contributed by atoms with Crippen molar-refractivity contribution in [1.82, 2.24) is 0 Å². The van der Waals surface area contributed by atoms with Gasteiger partial charge < -0.3 is 4.90 Å². The molecule has 0 atom stereocenters. The third-order valence-corrected chi connectivity index (χ3v) is 12.6. The second-order valence-corrected chi connectivity index (χ2v) is 16.5. The van der Waals surface area contributed by atoms with Gasteiger partial charge in [0.2, 0.25) is 0 Å². The Bertz CT molecular complexity index is 3210. The monoisotopic (exact) mass is 765 g/mol. The predicted molar refractivity (Wildman–Crippen MR) is 255 cm³/mol. The van der Waals surface area contributed by atoms with Crippen LogP contribution in [0.4, 0.5) is 17.1 Å².